The Balaban J connectivity index is 0.00000288. The number of carbonyl (C=O) groups excluding carboxylic acids is 1. The fourth-order valence-electron chi connectivity index (χ4n) is 2.99. The van der Waals surface area contributed by atoms with Crippen molar-refractivity contribution >= 4 is 24.0 Å². The first-order valence-electron chi connectivity index (χ1n) is 7.80. The summed E-state index contributed by atoms with van der Waals surface area (Å²) in [5, 5.41) is 6.34. The van der Waals surface area contributed by atoms with E-state index < -0.39 is 5.41 Å². The lowest BCUT2D eigenvalue weighted by Crippen LogP contribution is -2.47. The maximum Gasteiger partial charge on any atom is 0.233 e. The minimum atomic E-state index is -0.487. The molecule has 0 spiro atoms. The van der Waals surface area contributed by atoms with Crippen LogP contribution in [0.15, 0.2) is 12.1 Å². The lowest BCUT2D eigenvalue weighted by Gasteiger charge is -2.35. The molecule has 136 valence electrons. The molecule has 0 radical (unpaired) electrons. The number of carbonyl (C=O) groups is 1. The first-order valence-corrected chi connectivity index (χ1v) is 7.80. The standard InChI is InChI=1S/C17H26N2O4.ClH/c1-12-9-14(22-3)15(23-4)10-13(12)19-16(20)17(11-21-2)5-7-18-8-6-17;/h9-10,18H,5-8,11H2,1-4H3,(H,19,20);1H. The van der Waals surface area contributed by atoms with Crippen molar-refractivity contribution in [1.29, 1.82) is 0 Å². The summed E-state index contributed by atoms with van der Waals surface area (Å²) in [6.45, 7) is 4.00. The molecule has 1 aliphatic heterocycles. The van der Waals surface area contributed by atoms with Gasteiger partial charge < -0.3 is 24.8 Å². The highest BCUT2D eigenvalue weighted by Crippen LogP contribution is 2.35. The largest absolute Gasteiger partial charge is 0.493 e. The fourth-order valence-corrected chi connectivity index (χ4v) is 2.99. The van der Waals surface area contributed by atoms with Gasteiger partial charge in [-0.2, -0.15) is 0 Å². The normalized spacial score (nSPS) is 16.0. The maximum absolute atomic E-state index is 12.9. The summed E-state index contributed by atoms with van der Waals surface area (Å²) in [7, 11) is 4.81. The van der Waals surface area contributed by atoms with Crippen molar-refractivity contribution in [2.75, 3.05) is 46.3 Å². The van der Waals surface area contributed by atoms with Crippen molar-refractivity contribution < 1.29 is 19.0 Å². The number of amides is 1. The summed E-state index contributed by atoms with van der Waals surface area (Å²) in [5.41, 5.74) is 1.18. The van der Waals surface area contributed by atoms with Crippen LogP contribution in [0.5, 0.6) is 11.5 Å². The zero-order chi connectivity index (χ0) is 16.9. The molecule has 24 heavy (non-hydrogen) atoms. The molecular weight excluding hydrogens is 332 g/mol. The molecule has 7 heteroatoms. The van der Waals surface area contributed by atoms with E-state index in [-0.39, 0.29) is 18.3 Å². The average Bonchev–Trinajstić information content (AvgIpc) is 2.57. The van der Waals surface area contributed by atoms with Crippen LogP contribution >= 0.6 is 12.4 Å². The molecule has 2 rings (SSSR count). The summed E-state index contributed by atoms with van der Waals surface area (Å²) in [6, 6.07) is 3.66. The van der Waals surface area contributed by atoms with E-state index in [2.05, 4.69) is 10.6 Å². The molecule has 1 fully saturated rings. The Bertz CT molecular complexity index is 554. The van der Waals surface area contributed by atoms with E-state index in [1.54, 1.807) is 27.4 Å². The number of nitrogens with one attached hydrogen (secondary N) is 2. The van der Waals surface area contributed by atoms with Gasteiger partial charge in [0.2, 0.25) is 5.91 Å². The Kier molecular flexibility index (Phi) is 7.79. The molecule has 0 aromatic heterocycles. The van der Waals surface area contributed by atoms with Crippen LogP contribution in [0.2, 0.25) is 0 Å². The van der Waals surface area contributed by atoms with Gasteiger partial charge in [-0.25, -0.2) is 0 Å². The second-order valence-corrected chi connectivity index (χ2v) is 5.94. The molecule has 1 aromatic rings. The Morgan fingerprint density at radius 3 is 2.29 bits per heavy atom. The fraction of sp³-hybridized carbons (Fsp3) is 0.588. The summed E-state index contributed by atoms with van der Waals surface area (Å²) in [4.78, 5) is 12.9. The van der Waals surface area contributed by atoms with Crippen LogP contribution in [0, 0.1) is 12.3 Å². The van der Waals surface area contributed by atoms with Gasteiger partial charge in [-0.3, -0.25) is 4.79 Å². The molecule has 0 atom stereocenters. The zero-order valence-corrected chi connectivity index (χ0v) is 15.5. The molecule has 0 bridgehead atoms. The third-order valence-corrected chi connectivity index (χ3v) is 4.44. The third kappa shape index (κ3) is 4.32. The van der Waals surface area contributed by atoms with Crippen molar-refractivity contribution in [3.05, 3.63) is 17.7 Å². The summed E-state index contributed by atoms with van der Waals surface area (Å²) in [5.74, 6) is 1.24. The van der Waals surface area contributed by atoms with Crippen LogP contribution in [0.4, 0.5) is 5.69 Å². The molecule has 1 amide bonds. The van der Waals surface area contributed by atoms with Gasteiger partial charge in [0.25, 0.3) is 0 Å². The highest BCUT2D eigenvalue weighted by Gasteiger charge is 2.39. The van der Waals surface area contributed by atoms with Crippen LogP contribution in [0.3, 0.4) is 0 Å². The van der Waals surface area contributed by atoms with Crippen molar-refractivity contribution in [1.82, 2.24) is 5.32 Å². The van der Waals surface area contributed by atoms with E-state index in [1.165, 1.54) is 0 Å². The molecule has 1 saturated heterocycles. The monoisotopic (exact) mass is 358 g/mol. The third-order valence-electron chi connectivity index (χ3n) is 4.44. The quantitative estimate of drug-likeness (QED) is 0.817. The number of methoxy groups -OCH3 is 3. The van der Waals surface area contributed by atoms with E-state index in [1.807, 2.05) is 13.0 Å². The lowest BCUT2D eigenvalue weighted by molar-refractivity contribution is -0.130. The average molecular weight is 359 g/mol. The summed E-state index contributed by atoms with van der Waals surface area (Å²) in [6.07, 6.45) is 1.53. The van der Waals surface area contributed by atoms with E-state index in [0.717, 1.165) is 37.2 Å². The van der Waals surface area contributed by atoms with Crippen LogP contribution in [0.25, 0.3) is 0 Å². The van der Waals surface area contributed by atoms with Gasteiger partial charge in [0.1, 0.15) is 0 Å². The summed E-state index contributed by atoms with van der Waals surface area (Å²) >= 11 is 0. The van der Waals surface area contributed by atoms with Crippen LogP contribution in [-0.2, 0) is 9.53 Å². The summed E-state index contributed by atoms with van der Waals surface area (Å²) < 4.78 is 15.9. The number of rotatable bonds is 6. The highest BCUT2D eigenvalue weighted by molar-refractivity contribution is 5.96. The first kappa shape index (κ1) is 20.5. The first-order chi connectivity index (χ1) is 11.1. The molecule has 6 nitrogen and oxygen atoms in total. The van der Waals surface area contributed by atoms with Gasteiger partial charge in [0, 0.05) is 18.9 Å². The molecule has 0 saturated carbocycles. The Labute approximate surface area is 149 Å². The number of anilines is 1. The molecule has 0 unspecified atom stereocenters. The molecular formula is C17H27ClN2O4. The minimum absolute atomic E-state index is 0. The molecule has 0 aliphatic carbocycles. The van der Waals surface area contributed by atoms with E-state index >= 15 is 0 Å². The van der Waals surface area contributed by atoms with Gasteiger partial charge in [-0.1, -0.05) is 0 Å². The van der Waals surface area contributed by atoms with Crippen molar-refractivity contribution in [3.8, 4) is 11.5 Å². The second kappa shape index (κ2) is 9.11. The van der Waals surface area contributed by atoms with Crippen LogP contribution in [-0.4, -0.2) is 46.9 Å². The smallest absolute Gasteiger partial charge is 0.233 e. The Morgan fingerprint density at radius 2 is 1.75 bits per heavy atom. The van der Waals surface area contributed by atoms with Crippen LogP contribution < -0.4 is 20.1 Å². The predicted octanol–water partition coefficient (Wildman–Crippen LogP) is 2.39. The van der Waals surface area contributed by atoms with E-state index in [0.29, 0.717) is 18.1 Å². The molecule has 1 aromatic carbocycles. The number of ether oxygens (including phenoxy) is 3. The van der Waals surface area contributed by atoms with Gasteiger partial charge in [-0.15, -0.1) is 12.4 Å². The number of hydrogen-bond donors (Lipinski definition) is 2. The topological polar surface area (TPSA) is 68.8 Å². The minimum Gasteiger partial charge on any atom is -0.493 e. The SMILES string of the molecule is COCC1(C(=O)Nc2cc(OC)c(OC)cc2C)CCNCC1.Cl. The van der Waals surface area contributed by atoms with Gasteiger partial charge >= 0.3 is 0 Å². The Hall–Kier alpha value is -1.50. The molecule has 1 aliphatic rings. The van der Waals surface area contributed by atoms with E-state index in [4.69, 9.17) is 14.2 Å². The van der Waals surface area contributed by atoms with Crippen LogP contribution in [0.1, 0.15) is 18.4 Å². The number of piperidine rings is 1. The molecule has 1 heterocycles. The predicted molar refractivity (Wildman–Crippen MR) is 96.6 cm³/mol. The van der Waals surface area contributed by atoms with Gasteiger partial charge in [-0.05, 0) is 44.5 Å². The maximum atomic E-state index is 12.9. The van der Waals surface area contributed by atoms with Crippen molar-refractivity contribution in [2.24, 2.45) is 5.41 Å². The zero-order valence-electron chi connectivity index (χ0n) is 14.7. The Morgan fingerprint density at radius 1 is 1.17 bits per heavy atom. The van der Waals surface area contributed by atoms with Gasteiger partial charge in [0.05, 0.1) is 26.2 Å². The second-order valence-electron chi connectivity index (χ2n) is 5.94. The number of hydrogen-bond acceptors (Lipinski definition) is 5. The van der Waals surface area contributed by atoms with Crippen molar-refractivity contribution in [3.63, 3.8) is 0 Å². The number of aryl methyl sites for hydroxylation is 1. The highest BCUT2D eigenvalue weighted by atomic mass is 35.5. The molecule has 2 N–H and O–H groups in total. The number of benzene rings is 1. The van der Waals surface area contributed by atoms with Gasteiger partial charge in [0.15, 0.2) is 11.5 Å². The van der Waals surface area contributed by atoms with E-state index in [9.17, 15) is 4.79 Å². The van der Waals surface area contributed by atoms with Crippen molar-refractivity contribution in [2.45, 2.75) is 19.8 Å². The number of halogens is 1. The lowest BCUT2D eigenvalue weighted by atomic mass is 9.78.